The maximum absolute atomic E-state index is 13.6. The molecule has 6 rings (SSSR count). The van der Waals surface area contributed by atoms with Gasteiger partial charge in [-0.25, -0.2) is 4.98 Å². The van der Waals surface area contributed by atoms with Crippen molar-refractivity contribution >= 4 is 38.9 Å². The van der Waals surface area contributed by atoms with Crippen molar-refractivity contribution in [1.82, 2.24) is 14.3 Å². The number of anilines is 1. The largest absolute Gasteiger partial charge is 0.368 e. The van der Waals surface area contributed by atoms with Crippen molar-refractivity contribution in [3.05, 3.63) is 100.0 Å². The minimum atomic E-state index is -0.162. The summed E-state index contributed by atoms with van der Waals surface area (Å²) in [7, 11) is 0. The highest BCUT2D eigenvalue weighted by atomic mass is 16.2. The molecule has 35 heavy (non-hydrogen) atoms. The second kappa shape index (κ2) is 8.24. The molecular formula is C29H26N4O2. The number of aryl methyl sites for hydroxylation is 1. The van der Waals surface area contributed by atoms with Crippen molar-refractivity contribution in [1.29, 1.82) is 0 Å². The third kappa shape index (κ3) is 3.53. The summed E-state index contributed by atoms with van der Waals surface area (Å²) in [5.74, 6) is -0.0873. The van der Waals surface area contributed by atoms with Crippen LogP contribution in [0.25, 0.3) is 27.3 Å². The van der Waals surface area contributed by atoms with Gasteiger partial charge in [-0.3, -0.25) is 14.0 Å². The topological polar surface area (TPSA) is 57.9 Å². The lowest BCUT2D eigenvalue weighted by Crippen LogP contribution is -2.49. The van der Waals surface area contributed by atoms with Crippen LogP contribution in [0.1, 0.15) is 21.5 Å². The van der Waals surface area contributed by atoms with Gasteiger partial charge in [0.25, 0.3) is 11.5 Å². The molecule has 0 spiro atoms. The summed E-state index contributed by atoms with van der Waals surface area (Å²) >= 11 is 0. The molecule has 174 valence electrons. The van der Waals surface area contributed by atoms with Gasteiger partial charge in [0.1, 0.15) is 0 Å². The maximum Gasteiger partial charge on any atom is 0.265 e. The van der Waals surface area contributed by atoms with Crippen LogP contribution in [0.5, 0.6) is 0 Å². The smallest absolute Gasteiger partial charge is 0.265 e. The highest BCUT2D eigenvalue weighted by Gasteiger charge is 2.25. The number of amides is 1. The summed E-state index contributed by atoms with van der Waals surface area (Å²) in [4.78, 5) is 35.9. The second-order valence-electron chi connectivity index (χ2n) is 9.25. The van der Waals surface area contributed by atoms with E-state index in [4.69, 9.17) is 4.98 Å². The summed E-state index contributed by atoms with van der Waals surface area (Å²) in [6, 6.07) is 21.6. The van der Waals surface area contributed by atoms with Crippen LogP contribution in [-0.2, 0) is 0 Å². The Bertz CT molecular complexity index is 1680. The second-order valence-corrected chi connectivity index (χ2v) is 9.25. The Morgan fingerprint density at radius 2 is 1.60 bits per heavy atom. The van der Waals surface area contributed by atoms with E-state index in [1.165, 1.54) is 21.2 Å². The minimum Gasteiger partial charge on any atom is -0.368 e. The fourth-order valence-corrected chi connectivity index (χ4v) is 5.08. The molecule has 3 heterocycles. The molecule has 0 unspecified atom stereocenters. The van der Waals surface area contributed by atoms with Gasteiger partial charge in [0.05, 0.1) is 16.5 Å². The lowest BCUT2D eigenvalue weighted by molar-refractivity contribution is 0.0748. The van der Waals surface area contributed by atoms with Crippen LogP contribution in [0.3, 0.4) is 0 Å². The molecule has 0 atom stereocenters. The Morgan fingerprint density at radius 1 is 0.857 bits per heavy atom. The molecule has 0 bridgehead atoms. The van der Waals surface area contributed by atoms with Gasteiger partial charge in [-0.15, -0.1) is 0 Å². The number of hydrogen-bond donors (Lipinski definition) is 0. The molecule has 6 nitrogen and oxygen atoms in total. The van der Waals surface area contributed by atoms with Gasteiger partial charge in [-0.2, -0.15) is 0 Å². The van der Waals surface area contributed by atoms with E-state index in [9.17, 15) is 9.59 Å². The van der Waals surface area contributed by atoms with E-state index >= 15 is 0 Å². The zero-order chi connectivity index (χ0) is 24.1. The molecule has 0 radical (unpaired) electrons. The Morgan fingerprint density at radius 3 is 2.37 bits per heavy atom. The van der Waals surface area contributed by atoms with Crippen LogP contribution in [0, 0.1) is 13.8 Å². The van der Waals surface area contributed by atoms with E-state index in [0.29, 0.717) is 35.2 Å². The zero-order valence-electron chi connectivity index (χ0n) is 19.9. The van der Waals surface area contributed by atoms with Crippen molar-refractivity contribution in [2.75, 3.05) is 31.1 Å². The molecule has 6 heteroatoms. The predicted octanol–water partition coefficient (Wildman–Crippen LogP) is 4.58. The molecule has 1 aliphatic heterocycles. The number of pyridine rings is 1. The molecule has 1 aliphatic rings. The summed E-state index contributed by atoms with van der Waals surface area (Å²) in [6.45, 7) is 7.05. The fourth-order valence-electron chi connectivity index (χ4n) is 5.08. The van der Waals surface area contributed by atoms with E-state index < -0.39 is 0 Å². The molecule has 1 amide bonds. The number of hydrogen-bond acceptors (Lipinski definition) is 4. The van der Waals surface area contributed by atoms with E-state index in [1.807, 2.05) is 41.3 Å². The number of carbonyl (C=O) groups is 1. The normalized spacial score (nSPS) is 14.2. The standard InChI is InChI=1S/C29H26N4O2/c1-19-7-5-11-26(20(19)2)31-13-15-32(16-14-31)28(34)23-10-6-12-33-27(23)30-25-18-22-9-4-3-8-21(22)17-24(25)29(33)35/h3-12,17-18H,13-16H2,1-2H3. The average Bonchev–Trinajstić information content (AvgIpc) is 2.89. The Kier molecular flexibility index (Phi) is 5.02. The summed E-state index contributed by atoms with van der Waals surface area (Å²) in [5.41, 5.74) is 5.09. The van der Waals surface area contributed by atoms with Crippen molar-refractivity contribution in [2.24, 2.45) is 0 Å². The molecular weight excluding hydrogens is 436 g/mol. The van der Waals surface area contributed by atoms with Crippen LogP contribution in [0.15, 0.2) is 77.7 Å². The number of aromatic nitrogens is 2. The number of benzene rings is 3. The molecule has 1 saturated heterocycles. The van der Waals surface area contributed by atoms with E-state index in [2.05, 4.69) is 36.9 Å². The van der Waals surface area contributed by atoms with Crippen molar-refractivity contribution in [3.63, 3.8) is 0 Å². The molecule has 5 aromatic rings. The van der Waals surface area contributed by atoms with Crippen molar-refractivity contribution in [2.45, 2.75) is 13.8 Å². The molecule has 3 aromatic carbocycles. The first-order valence-corrected chi connectivity index (χ1v) is 12.0. The van der Waals surface area contributed by atoms with Crippen LogP contribution in [-0.4, -0.2) is 46.4 Å². The number of fused-ring (bicyclic) bond motifs is 3. The lowest BCUT2D eigenvalue weighted by Gasteiger charge is -2.37. The fraction of sp³-hybridized carbons (Fsp3) is 0.207. The lowest BCUT2D eigenvalue weighted by atomic mass is 10.1. The van der Waals surface area contributed by atoms with Crippen LogP contribution in [0.2, 0.25) is 0 Å². The number of rotatable bonds is 2. The molecule has 2 aromatic heterocycles. The Balaban J connectivity index is 1.35. The SMILES string of the molecule is Cc1cccc(N2CCN(C(=O)c3cccn4c(=O)c5cc6ccccc6cc5nc34)CC2)c1C. The van der Waals surface area contributed by atoms with Gasteiger partial charge in [-0.1, -0.05) is 36.4 Å². The Labute approximate surface area is 203 Å². The van der Waals surface area contributed by atoms with Gasteiger partial charge in [0.2, 0.25) is 0 Å². The van der Waals surface area contributed by atoms with Crippen molar-refractivity contribution < 1.29 is 4.79 Å². The predicted molar refractivity (Wildman–Crippen MR) is 141 cm³/mol. The number of nitrogens with zero attached hydrogens (tertiary/aromatic N) is 4. The first-order valence-electron chi connectivity index (χ1n) is 12.0. The molecule has 1 fully saturated rings. The quantitative estimate of drug-likeness (QED) is 0.361. The summed E-state index contributed by atoms with van der Waals surface area (Å²) < 4.78 is 1.50. The molecule has 0 aliphatic carbocycles. The third-order valence-corrected chi connectivity index (χ3v) is 7.22. The maximum atomic E-state index is 13.6. The van der Waals surface area contributed by atoms with E-state index in [1.54, 1.807) is 18.3 Å². The average molecular weight is 463 g/mol. The number of piperazine rings is 1. The van der Waals surface area contributed by atoms with E-state index in [0.717, 1.165) is 23.9 Å². The molecule has 0 saturated carbocycles. The van der Waals surface area contributed by atoms with Gasteiger partial charge in [0.15, 0.2) is 5.65 Å². The van der Waals surface area contributed by atoms with Gasteiger partial charge in [-0.05, 0) is 66.1 Å². The monoisotopic (exact) mass is 462 g/mol. The van der Waals surface area contributed by atoms with Gasteiger partial charge >= 0.3 is 0 Å². The molecule has 0 N–H and O–H groups in total. The minimum absolute atomic E-state index is 0.0873. The van der Waals surface area contributed by atoms with Gasteiger partial charge < -0.3 is 9.80 Å². The summed E-state index contributed by atoms with van der Waals surface area (Å²) in [6.07, 6.45) is 1.69. The summed E-state index contributed by atoms with van der Waals surface area (Å²) in [5, 5.41) is 2.56. The first kappa shape index (κ1) is 21.4. The highest BCUT2D eigenvalue weighted by molar-refractivity contribution is 6.02. The zero-order valence-corrected chi connectivity index (χ0v) is 19.9. The Hall–Kier alpha value is -4.19. The van der Waals surface area contributed by atoms with Crippen molar-refractivity contribution in [3.8, 4) is 0 Å². The third-order valence-electron chi connectivity index (χ3n) is 7.22. The first-order chi connectivity index (χ1) is 17.0. The van der Waals surface area contributed by atoms with Crippen LogP contribution < -0.4 is 10.5 Å². The van der Waals surface area contributed by atoms with E-state index in [-0.39, 0.29) is 11.5 Å². The van der Waals surface area contributed by atoms with Gasteiger partial charge in [0, 0.05) is 38.1 Å². The van der Waals surface area contributed by atoms with Crippen LogP contribution in [0.4, 0.5) is 5.69 Å². The van der Waals surface area contributed by atoms with Crippen LogP contribution >= 0.6 is 0 Å². The number of carbonyl (C=O) groups excluding carboxylic acids is 1. The highest BCUT2D eigenvalue weighted by Crippen LogP contribution is 2.25.